The van der Waals surface area contributed by atoms with Gasteiger partial charge in [0.1, 0.15) is 5.82 Å². The summed E-state index contributed by atoms with van der Waals surface area (Å²) in [5.41, 5.74) is 4.30. The van der Waals surface area contributed by atoms with Crippen molar-refractivity contribution in [2.45, 2.75) is 0 Å². The standard InChI is InChI=1S/C20H19N3O/c1-23(2)12-11-21-20-18-13-7-3-4-8-14(13)19(24)17(18)15-9-5-6-10-16(15)22-20/h3-10H,11-12H2,1-2H3,(H,21,22). The van der Waals surface area contributed by atoms with E-state index in [1.54, 1.807) is 0 Å². The molecule has 0 radical (unpaired) electrons. The molecular formula is C20H19N3O. The number of pyridine rings is 1. The summed E-state index contributed by atoms with van der Waals surface area (Å²) in [4.78, 5) is 19.9. The lowest BCUT2D eigenvalue weighted by Crippen LogP contribution is -2.21. The number of nitrogens with zero attached hydrogens (tertiary/aromatic N) is 2. The summed E-state index contributed by atoms with van der Waals surface area (Å²) in [6.45, 7) is 1.68. The van der Waals surface area contributed by atoms with Gasteiger partial charge in [-0.1, -0.05) is 42.5 Å². The normalized spacial score (nSPS) is 12.5. The first-order chi connectivity index (χ1) is 11.7. The van der Waals surface area contributed by atoms with Gasteiger partial charge >= 0.3 is 0 Å². The second-order valence-electron chi connectivity index (χ2n) is 6.33. The third kappa shape index (κ3) is 2.27. The fourth-order valence-electron chi connectivity index (χ4n) is 3.27. The molecule has 2 aromatic carbocycles. The number of para-hydroxylation sites is 1. The number of hydrogen-bond acceptors (Lipinski definition) is 4. The van der Waals surface area contributed by atoms with E-state index in [2.05, 4.69) is 10.2 Å². The summed E-state index contributed by atoms with van der Waals surface area (Å²) >= 11 is 0. The second-order valence-corrected chi connectivity index (χ2v) is 6.33. The van der Waals surface area contributed by atoms with Gasteiger partial charge in [0.25, 0.3) is 0 Å². The van der Waals surface area contributed by atoms with Crippen LogP contribution in [0.15, 0.2) is 48.5 Å². The van der Waals surface area contributed by atoms with Gasteiger partial charge in [-0.05, 0) is 25.7 Å². The van der Waals surface area contributed by atoms with E-state index in [1.165, 1.54) is 0 Å². The molecule has 3 aromatic rings. The summed E-state index contributed by atoms with van der Waals surface area (Å²) in [6.07, 6.45) is 0. The molecule has 1 aliphatic rings. The number of hydrogen-bond donors (Lipinski definition) is 1. The predicted octanol–water partition coefficient (Wildman–Crippen LogP) is 3.42. The average molecular weight is 317 g/mol. The number of aromatic nitrogens is 1. The van der Waals surface area contributed by atoms with Crippen LogP contribution >= 0.6 is 0 Å². The zero-order chi connectivity index (χ0) is 16.7. The molecule has 0 saturated heterocycles. The summed E-state index contributed by atoms with van der Waals surface area (Å²) < 4.78 is 0. The Morgan fingerprint density at radius 3 is 2.46 bits per heavy atom. The van der Waals surface area contributed by atoms with Crippen molar-refractivity contribution >= 4 is 22.5 Å². The number of benzene rings is 2. The number of anilines is 1. The number of rotatable bonds is 4. The van der Waals surface area contributed by atoms with Crippen LogP contribution in [0, 0.1) is 0 Å². The molecule has 1 aliphatic carbocycles. The van der Waals surface area contributed by atoms with E-state index in [9.17, 15) is 4.79 Å². The van der Waals surface area contributed by atoms with Gasteiger partial charge in [-0.15, -0.1) is 0 Å². The van der Waals surface area contributed by atoms with Crippen LogP contribution in [0.4, 0.5) is 5.82 Å². The Labute approximate surface area is 141 Å². The molecule has 0 amide bonds. The maximum atomic E-state index is 13.0. The van der Waals surface area contributed by atoms with Crippen LogP contribution in [-0.2, 0) is 0 Å². The van der Waals surface area contributed by atoms with Crippen molar-refractivity contribution < 1.29 is 4.79 Å². The summed E-state index contributed by atoms with van der Waals surface area (Å²) in [5, 5.41) is 4.35. The molecule has 4 heteroatoms. The molecule has 4 nitrogen and oxygen atoms in total. The molecule has 0 aliphatic heterocycles. The number of fused-ring (bicyclic) bond motifs is 5. The Hall–Kier alpha value is -2.72. The lowest BCUT2D eigenvalue weighted by Gasteiger charge is -2.15. The van der Waals surface area contributed by atoms with Crippen molar-refractivity contribution in [3.8, 4) is 11.1 Å². The molecule has 1 aromatic heterocycles. The first-order valence-corrected chi connectivity index (χ1v) is 8.12. The van der Waals surface area contributed by atoms with Gasteiger partial charge in [0, 0.05) is 35.2 Å². The van der Waals surface area contributed by atoms with Crippen molar-refractivity contribution in [3.63, 3.8) is 0 Å². The highest BCUT2D eigenvalue weighted by atomic mass is 16.1. The van der Waals surface area contributed by atoms with Crippen LogP contribution in [0.1, 0.15) is 15.9 Å². The number of nitrogens with one attached hydrogen (secondary N) is 1. The largest absolute Gasteiger partial charge is 0.368 e. The SMILES string of the molecule is CN(C)CCNc1nc2ccccc2c2c1-c1ccccc1C2=O. The highest BCUT2D eigenvalue weighted by Gasteiger charge is 2.31. The molecule has 4 rings (SSSR count). The van der Waals surface area contributed by atoms with Crippen LogP contribution in [0.2, 0.25) is 0 Å². The van der Waals surface area contributed by atoms with Crippen LogP contribution in [0.3, 0.4) is 0 Å². The third-order valence-electron chi connectivity index (χ3n) is 4.41. The smallest absolute Gasteiger partial charge is 0.195 e. The molecule has 0 bridgehead atoms. The predicted molar refractivity (Wildman–Crippen MR) is 97.7 cm³/mol. The number of carbonyl (C=O) groups is 1. The minimum Gasteiger partial charge on any atom is -0.368 e. The lowest BCUT2D eigenvalue weighted by atomic mass is 10.0. The average Bonchev–Trinajstić information content (AvgIpc) is 2.89. The summed E-state index contributed by atoms with van der Waals surface area (Å²) in [7, 11) is 4.08. The first kappa shape index (κ1) is 14.8. The maximum Gasteiger partial charge on any atom is 0.195 e. The van der Waals surface area contributed by atoms with E-state index in [-0.39, 0.29) is 5.78 Å². The zero-order valence-electron chi connectivity index (χ0n) is 13.8. The molecular weight excluding hydrogens is 298 g/mol. The Balaban J connectivity index is 1.93. The van der Waals surface area contributed by atoms with Gasteiger partial charge in [-0.2, -0.15) is 0 Å². The molecule has 0 saturated carbocycles. The van der Waals surface area contributed by atoms with Crippen LogP contribution in [0.25, 0.3) is 22.0 Å². The minimum atomic E-state index is 0.0925. The van der Waals surface area contributed by atoms with E-state index >= 15 is 0 Å². The van der Waals surface area contributed by atoms with Crippen molar-refractivity contribution in [2.75, 3.05) is 32.5 Å². The topological polar surface area (TPSA) is 45.2 Å². The monoisotopic (exact) mass is 317 g/mol. The number of ketones is 1. The van der Waals surface area contributed by atoms with E-state index in [1.807, 2.05) is 62.6 Å². The highest BCUT2D eigenvalue weighted by molar-refractivity contribution is 6.28. The Morgan fingerprint density at radius 1 is 0.958 bits per heavy atom. The van der Waals surface area contributed by atoms with Gasteiger partial charge < -0.3 is 10.2 Å². The molecule has 1 N–H and O–H groups in total. The minimum absolute atomic E-state index is 0.0925. The molecule has 0 spiro atoms. The molecule has 0 fully saturated rings. The maximum absolute atomic E-state index is 13.0. The second kappa shape index (κ2) is 5.73. The van der Waals surface area contributed by atoms with Crippen molar-refractivity contribution in [2.24, 2.45) is 0 Å². The van der Waals surface area contributed by atoms with Crippen molar-refractivity contribution in [3.05, 3.63) is 59.7 Å². The van der Waals surface area contributed by atoms with Gasteiger partial charge in [-0.25, -0.2) is 4.98 Å². The highest BCUT2D eigenvalue weighted by Crippen LogP contribution is 2.43. The van der Waals surface area contributed by atoms with Crippen molar-refractivity contribution in [1.29, 1.82) is 0 Å². The van der Waals surface area contributed by atoms with Crippen LogP contribution in [0.5, 0.6) is 0 Å². The number of likely N-dealkylation sites (N-methyl/N-ethyl adjacent to an activating group) is 1. The summed E-state index contributed by atoms with van der Waals surface area (Å²) in [5.74, 6) is 0.888. The fourth-order valence-corrected chi connectivity index (χ4v) is 3.27. The Bertz CT molecular complexity index is 947. The Morgan fingerprint density at radius 2 is 1.67 bits per heavy atom. The molecule has 24 heavy (non-hydrogen) atoms. The number of carbonyl (C=O) groups excluding carboxylic acids is 1. The third-order valence-corrected chi connectivity index (χ3v) is 4.41. The van der Waals surface area contributed by atoms with Crippen LogP contribution in [-0.4, -0.2) is 42.9 Å². The molecule has 1 heterocycles. The van der Waals surface area contributed by atoms with E-state index < -0.39 is 0 Å². The van der Waals surface area contributed by atoms with E-state index in [0.29, 0.717) is 0 Å². The van der Waals surface area contributed by atoms with Gasteiger partial charge in [0.2, 0.25) is 0 Å². The van der Waals surface area contributed by atoms with Gasteiger partial charge in [0.05, 0.1) is 5.52 Å². The van der Waals surface area contributed by atoms with E-state index in [4.69, 9.17) is 4.98 Å². The fraction of sp³-hybridized carbons (Fsp3) is 0.200. The van der Waals surface area contributed by atoms with Crippen molar-refractivity contribution in [1.82, 2.24) is 9.88 Å². The van der Waals surface area contributed by atoms with Crippen LogP contribution < -0.4 is 5.32 Å². The lowest BCUT2D eigenvalue weighted by molar-refractivity contribution is 0.104. The van der Waals surface area contributed by atoms with Gasteiger partial charge in [-0.3, -0.25) is 4.79 Å². The Kier molecular flexibility index (Phi) is 3.54. The van der Waals surface area contributed by atoms with Gasteiger partial charge in [0.15, 0.2) is 5.78 Å². The molecule has 0 atom stereocenters. The molecule has 0 unspecified atom stereocenters. The van der Waals surface area contributed by atoms with E-state index in [0.717, 1.165) is 52.1 Å². The quantitative estimate of drug-likeness (QED) is 0.626. The zero-order valence-corrected chi connectivity index (χ0v) is 13.8. The first-order valence-electron chi connectivity index (χ1n) is 8.12. The summed E-state index contributed by atoms with van der Waals surface area (Å²) in [6, 6.07) is 15.6. The molecule has 120 valence electrons.